The molecule has 0 unspecified atom stereocenters. The van der Waals surface area contributed by atoms with Gasteiger partial charge in [-0.2, -0.15) is 0 Å². The van der Waals surface area contributed by atoms with Gasteiger partial charge in [-0.05, 0) is 54.6 Å². The molecule has 2 aromatic rings. The topological polar surface area (TPSA) is 88.6 Å². The molecule has 1 aliphatic rings. The molecule has 0 bridgehead atoms. The fourth-order valence-corrected chi connectivity index (χ4v) is 3.46. The van der Waals surface area contributed by atoms with Crippen LogP contribution in [-0.2, 0) is 4.79 Å². The number of hydrogen-bond donors (Lipinski definition) is 1. The summed E-state index contributed by atoms with van der Waals surface area (Å²) in [5.41, 5.74) is 0.893. The molecule has 3 rings (SSSR count). The van der Waals surface area contributed by atoms with E-state index in [-0.39, 0.29) is 35.3 Å². The van der Waals surface area contributed by atoms with Crippen LogP contribution in [0.4, 0.5) is 9.18 Å². The van der Waals surface area contributed by atoms with E-state index < -0.39 is 17.1 Å². The molecule has 3 amide bonds. The highest BCUT2D eigenvalue weighted by atomic mass is 32.2. The van der Waals surface area contributed by atoms with Crippen LogP contribution in [0, 0.1) is 5.82 Å². The smallest absolute Gasteiger partial charge is 0.293 e. The van der Waals surface area contributed by atoms with Gasteiger partial charge in [-0.1, -0.05) is 12.1 Å². The summed E-state index contributed by atoms with van der Waals surface area (Å²) >= 11 is 0.807. The van der Waals surface area contributed by atoms with E-state index in [0.29, 0.717) is 12.2 Å². The third kappa shape index (κ3) is 5.00. The van der Waals surface area contributed by atoms with Crippen molar-refractivity contribution in [3.05, 3.63) is 64.4 Å². The summed E-state index contributed by atoms with van der Waals surface area (Å²) in [5.74, 6) is -1.02. The number of amides is 3. The number of carbonyl (C=O) groups excluding carboxylic acids is 3. The Balaban J connectivity index is 1.60. The second-order valence-corrected chi connectivity index (χ2v) is 6.92. The summed E-state index contributed by atoms with van der Waals surface area (Å²) in [5, 5.41) is 2.24. The van der Waals surface area contributed by atoms with Gasteiger partial charge in [-0.15, -0.1) is 0 Å². The van der Waals surface area contributed by atoms with Crippen LogP contribution in [0.5, 0.6) is 5.88 Å². The molecular formula is C20H18FN3O4S. The Morgan fingerprint density at radius 1 is 1.28 bits per heavy atom. The van der Waals surface area contributed by atoms with Crippen LogP contribution in [-0.4, -0.2) is 46.6 Å². The highest BCUT2D eigenvalue weighted by Gasteiger charge is 2.34. The maximum atomic E-state index is 13.0. The van der Waals surface area contributed by atoms with Crippen LogP contribution in [0.1, 0.15) is 22.8 Å². The highest BCUT2D eigenvalue weighted by molar-refractivity contribution is 8.18. The van der Waals surface area contributed by atoms with Crippen molar-refractivity contribution in [1.82, 2.24) is 15.2 Å². The van der Waals surface area contributed by atoms with E-state index in [1.165, 1.54) is 36.5 Å². The molecule has 0 atom stereocenters. The lowest BCUT2D eigenvalue weighted by molar-refractivity contribution is -0.122. The third-order valence-corrected chi connectivity index (χ3v) is 4.87. The number of pyridine rings is 1. The molecule has 0 saturated carbocycles. The molecule has 1 aromatic heterocycles. The van der Waals surface area contributed by atoms with Crippen molar-refractivity contribution in [2.45, 2.75) is 6.92 Å². The Morgan fingerprint density at radius 3 is 2.76 bits per heavy atom. The Kier molecular flexibility index (Phi) is 6.61. The average molecular weight is 415 g/mol. The van der Waals surface area contributed by atoms with Gasteiger partial charge in [0.2, 0.25) is 5.88 Å². The van der Waals surface area contributed by atoms with Gasteiger partial charge in [0.25, 0.3) is 17.1 Å². The number of aromatic nitrogens is 1. The minimum absolute atomic E-state index is 0.0292. The van der Waals surface area contributed by atoms with Crippen molar-refractivity contribution < 1.29 is 23.5 Å². The number of carbonyl (C=O) groups is 3. The first-order valence-corrected chi connectivity index (χ1v) is 9.68. The summed E-state index contributed by atoms with van der Waals surface area (Å²) in [6.07, 6.45) is 3.06. The molecule has 1 fully saturated rings. The molecule has 7 nitrogen and oxygen atoms in total. The summed E-state index contributed by atoms with van der Waals surface area (Å²) in [6.45, 7) is 2.27. The number of ether oxygens (including phenoxy) is 1. The predicted octanol–water partition coefficient (Wildman–Crippen LogP) is 3.09. The van der Waals surface area contributed by atoms with Crippen LogP contribution >= 0.6 is 11.8 Å². The van der Waals surface area contributed by atoms with Crippen LogP contribution in [0.2, 0.25) is 0 Å². The van der Waals surface area contributed by atoms with Crippen molar-refractivity contribution in [3.8, 4) is 5.88 Å². The second kappa shape index (κ2) is 9.33. The van der Waals surface area contributed by atoms with Gasteiger partial charge in [0.15, 0.2) is 0 Å². The lowest BCUT2D eigenvalue weighted by Crippen LogP contribution is -2.37. The monoisotopic (exact) mass is 415 g/mol. The molecule has 150 valence electrons. The standard InChI is InChI=1S/C20H18FN3O4S/c1-2-28-18-15(4-3-9-23-18)17(25)22-10-11-24-19(26)16(29-20(24)27)12-13-5-7-14(21)8-6-13/h3-9,12H,2,10-11H2,1H3,(H,22,25)/b16-12-. The zero-order chi connectivity index (χ0) is 20.8. The number of thioether (sulfide) groups is 1. The van der Waals surface area contributed by atoms with Crippen LogP contribution in [0.25, 0.3) is 6.08 Å². The zero-order valence-electron chi connectivity index (χ0n) is 15.6. The van der Waals surface area contributed by atoms with Crippen LogP contribution in [0.3, 0.4) is 0 Å². The molecule has 1 aliphatic heterocycles. The highest BCUT2D eigenvalue weighted by Crippen LogP contribution is 2.31. The predicted molar refractivity (Wildman–Crippen MR) is 107 cm³/mol. The van der Waals surface area contributed by atoms with Crippen LogP contribution in [0.15, 0.2) is 47.5 Å². The quantitative estimate of drug-likeness (QED) is 0.699. The molecule has 0 radical (unpaired) electrons. The van der Waals surface area contributed by atoms with Crippen molar-refractivity contribution in [2.24, 2.45) is 0 Å². The number of hydrogen-bond acceptors (Lipinski definition) is 6. The first kappa shape index (κ1) is 20.5. The third-order valence-electron chi connectivity index (χ3n) is 3.96. The molecule has 2 heterocycles. The molecule has 0 spiro atoms. The minimum atomic E-state index is -0.449. The first-order valence-electron chi connectivity index (χ1n) is 8.86. The van der Waals surface area contributed by atoms with E-state index in [2.05, 4.69) is 10.3 Å². The lowest BCUT2D eigenvalue weighted by atomic mass is 10.2. The number of rotatable bonds is 7. The molecule has 29 heavy (non-hydrogen) atoms. The van der Waals surface area contributed by atoms with Gasteiger partial charge < -0.3 is 10.1 Å². The van der Waals surface area contributed by atoms with E-state index in [0.717, 1.165) is 16.7 Å². The number of halogens is 1. The fraction of sp³-hybridized carbons (Fsp3) is 0.200. The van der Waals surface area contributed by atoms with Gasteiger partial charge in [0, 0.05) is 19.3 Å². The molecule has 1 saturated heterocycles. The van der Waals surface area contributed by atoms with Crippen LogP contribution < -0.4 is 10.1 Å². The maximum absolute atomic E-state index is 13.0. The molecular weight excluding hydrogens is 397 g/mol. The fourth-order valence-electron chi connectivity index (χ4n) is 2.59. The largest absolute Gasteiger partial charge is 0.477 e. The van der Waals surface area contributed by atoms with Gasteiger partial charge >= 0.3 is 0 Å². The van der Waals surface area contributed by atoms with E-state index >= 15 is 0 Å². The maximum Gasteiger partial charge on any atom is 0.293 e. The van der Waals surface area contributed by atoms with Gasteiger partial charge in [-0.3, -0.25) is 19.3 Å². The number of imide groups is 1. The van der Waals surface area contributed by atoms with Crippen molar-refractivity contribution >= 4 is 34.9 Å². The normalized spacial score (nSPS) is 15.1. The lowest BCUT2D eigenvalue weighted by Gasteiger charge is -2.13. The van der Waals surface area contributed by atoms with Crippen molar-refractivity contribution in [3.63, 3.8) is 0 Å². The van der Waals surface area contributed by atoms with Gasteiger partial charge in [0.05, 0.1) is 11.5 Å². The van der Waals surface area contributed by atoms with Crippen molar-refractivity contribution in [1.29, 1.82) is 0 Å². The second-order valence-electron chi connectivity index (χ2n) is 5.93. The number of nitrogens with zero attached hydrogens (tertiary/aromatic N) is 2. The summed E-state index contributed by atoms with van der Waals surface area (Å²) < 4.78 is 18.3. The molecule has 1 N–H and O–H groups in total. The van der Waals surface area contributed by atoms with E-state index in [1.54, 1.807) is 19.1 Å². The Bertz CT molecular complexity index is 962. The Labute approximate surface area is 170 Å². The van der Waals surface area contributed by atoms with E-state index in [1.807, 2.05) is 0 Å². The zero-order valence-corrected chi connectivity index (χ0v) is 16.4. The van der Waals surface area contributed by atoms with E-state index in [9.17, 15) is 18.8 Å². The average Bonchev–Trinajstić information content (AvgIpc) is 2.97. The Morgan fingerprint density at radius 2 is 2.03 bits per heavy atom. The number of nitrogens with one attached hydrogen (secondary N) is 1. The summed E-state index contributed by atoms with van der Waals surface area (Å²) in [6, 6.07) is 8.80. The SMILES string of the molecule is CCOc1ncccc1C(=O)NCCN1C(=O)S/C(=C\c2ccc(F)cc2)C1=O. The van der Waals surface area contributed by atoms with E-state index in [4.69, 9.17) is 4.74 Å². The van der Waals surface area contributed by atoms with Gasteiger partial charge in [-0.25, -0.2) is 9.37 Å². The number of benzene rings is 1. The minimum Gasteiger partial charge on any atom is -0.477 e. The first-order chi connectivity index (χ1) is 14.0. The Hall–Kier alpha value is -3.20. The molecule has 0 aliphatic carbocycles. The van der Waals surface area contributed by atoms with Crippen molar-refractivity contribution in [2.75, 3.05) is 19.7 Å². The molecule has 1 aromatic carbocycles. The van der Waals surface area contributed by atoms with Gasteiger partial charge in [0.1, 0.15) is 11.4 Å². The summed E-state index contributed by atoms with van der Waals surface area (Å²) in [4.78, 5) is 42.3. The molecule has 9 heteroatoms. The summed E-state index contributed by atoms with van der Waals surface area (Å²) in [7, 11) is 0.